The van der Waals surface area contributed by atoms with Crippen LogP contribution in [0.3, 0.4) is 0 Å². The number of methoxy groups -OCH3 is 1. The first-order valence-electron chi connectivity index (χ1n) is 9.90. The minimum Gasteiger partial charge on any atom is -0.495 e. The number of nitrogens with one attached hydrogen (secondary N) is 3. The highest BCUT2D eigenvalue weighted by Crippen LogP contribution is 2.29. The zero-order valence-electron chi connectivity index (χ0n) is 17.0. The molecule has 0 spiro atoms. The number of carbonyl (C=O) groups is 1. The maximum atomic E-state index is 12.6. The van der Waals surface area contributed by atoms with Crippen LogP contribution in [0.1, 0.15) is 50.0 Å². The van der Waals surface area contributed by atoms with Crippen molar-refractivity contribution < 1.29 is 17.9 Å². The smallest absolute Gasteiger partial charge is 0.269 e. The molecule has 1 aromatic heterocycles. The van der Waals surface area contributed by atoms with Crippen LogP contribution in [-0.2, 0) is 10.0 Å². The van der Waals surface area contributed by atoms with E-state index < -0.39 is 10.0 Å². The first-order chi connectivity index (χ1) is 13.9. The van der Waals surface area contributed by atoms with Crippen molar-refractivity contribution in [3.8, 4) is 17.0 Å². The Morgan fingerprint density at radius 2 is 2.03 bits per heavy atom. The fraction of sp³-hybridized carbons (Fsp3) is 0.500. The van der Waals surface area contributed by atoms with Gasteiger partial charge in [-0.05, 0) is 43.0 Å². The fourth-order valence-corrected chi connectivity index (χ4v) is 4.91. The van der Waals surface area contributed by atoms with Crippen molar-refractivity contribution in [1.29, 1.82) is 0 Å². The lowest BCUT2D eigenvalue weighted by Gasteiger charge is -2.29. The molecular weight excluding hydrogens is 392 g/mol. The third-order valence-corrected chi connectivity index (χ3v) is 6.90. The van der Waals surface area contributed by atoms with Gasteiger partial charge in [-0.3, -0.25) is 9.89 Å². The summed E-state index contributed by atoms with van der Waals surface area (Å²) in [6.45, 7) is 4.13. The van der Waals surface area contributed by atoms with Gasteiger partial charge in [-0.15, -0.1) is 0 Å². The molecule has 3 rings (SSSR count). The highest BCUT2D eigenvalue weighted by atomic mass is 32.2. The summed E-state index contributed by atoms with van der Waals surface area (Å²) in [5, 5.41) is 10.0. The van der Waals surface area contributed by atoms with Gasteiger partial charge in [-0.25, -0.2) is 13.1 Å². The van der Waals surface area contributed by atoms with E-state index in [9.17, 15) is 13.2 Å². The molecule has 0 radical (unpaired) electrons. The standard InChI is InChI=1S/C20H28N4O4S/c1-4-21-29(26,27)19-11-14(9-10-18(19)28-3)16-12-17(24-23-16)20(25)22-15-8-6-5-7-13(15)2/h9-13,15,21H,4-8H2,1-3H3,(H,22,25)(H,23,24)/t13-,15-/m1/s1. The van der Waals surface area contributed by atoms with Gasteiger partial charge < -0.3 is 10.1 Å². The molecule has 0 aliphatic heterocycles. The predicted molar refractivity (Wildman–Crippen MR) is 110 cm³/mol. The Labute approximate surface area is 171 Å². The van der Waals surface area contributed by atoms with E-state index in [2.05, 4.69) is 27.2 Å². The van der Waals surface area contributed by atoms with Crippen molar-refractivity contribution in [2.75, 3.05) is 13.7 Å². The van der Waals surface area contributed by atoms with E-state index in [1.165, 1.54) is 19.6 Å². The van der Waals surface area contributed by atoms with Crippen LogP contribution in [0.5, 0.6) is 5.75 Å². The number of aromatic nitrogens is 2. The molecule has 2 aromatic rings. The van der Waals surface area contributed by atoms with Gasteiger partial charge in [0.05, 0.1) is 12.8 Å². The van der Waals surface area contributed by atoms with Crippen LogP contribution in [0.2, 0.25) is 0 Å². The second kappa shape index (κ2) is 8.96. The molecule has 9 heteroatoms. The highest BCUT2D eigenvalue weighted by molar-refractivity contribution is 7.89. The predicted octanol–water partition coefficient (Wildman–Crippen LogP) is 2.69. The lowest BCUT2D eigenvalue weighted by molar-refractivity contribution is 0.0905. The van der Waals surface area contributed by atoms with Crippen LogP contribution < -0.4 is 14.8 Å². The molecule has 1 heterocycles. The molecule has 158 valence electrons. The molecule has 2 atom stereocenters. The third kappa shape index (κ3) is 4.79. The number of amides is 1. The van der Waals surface area contributed by atoms with Gasteiger partial charge in [0.15, 0.2) is 0 Å². The Morgan fingerprint density at radius 1 is 1.28 bits per heavy atom. The summed E-state index contributed by atoms with van der Waals surface area (Å²) in [5.41, 5.74) is 1.41. The van der Waals surface area contributed by atoms with Gasteiger partial charge >= 0.3 is 0 Å². The first kappa shape index (κ1) is 21.3. The summed E-state index contributed by atoms with van der Waals surface area (Å²) in [6.07, 6.45) is 4.43. The summed E-state index contributed by atoms with van der Waals surface area (Å²) in [5.74, 6) is 0.501. The number of benzene rings is 1. The zero-order chi connectivity index (χ0) is 21.0. The van der Waals surface area contributed by atoms with Crippen LogP contribution >= 0.6 is 0 Å². The third-order valence-electron chi connectivity index (χ3n) is 5.33. The minimum absolute atomic E-state index is 0.0318. The summed E-state index contributed by atoms with van der Waals surface area (Å²) >= 11 is 0. The first-order valence-corrected chi connectivity index (χ1v) is 11.4. The normalized spacial score (nSPS) is 19.7. The van der Waals surface area contributed by atoms with Crippen LogP contribution in [0, 0.1) is 5.92 Å². The van der Waals surface area contributed by atoms with Crippen molar-refractivity contribution in [2.24, 2.45) is 5.92 Å². The Balaban J connectivity index is 1.83. The molecule has 1 aromatic carbocycles. The number of rotatable bonds is 7. The van der Waals surface area contributed by atoms with Gasteiger partial charge in [-0.1, -0.05) is 26.7 Å². The Bertz CT molecular complexity index is 971. The molecule has 3 N–H and O–H groups in total. The average Bonchev–Trinajstić information content (AvgIpc) is 3.19. The molecular formula is C20H28N4O4S. The van der Waals surface area contributed by atoms with Gasteiger partial charge in [-0.2, -0.15) is 5.10 Å². The van der Waals surface area contributed by atoms with Crippen LogP contribution in [-0.4, -0.2) is 44.2 Å². The molecule has 0 unspecified atom stereocenters. The molecule has 1 amide bonds. The van der Waals surface area contributed by atoms with E-state index in [4.69, 9.17) is 4.74 Å². The molecule has 8 nitrogen and oxygen atoms in total. The van der Waals surface area contributed by atoms with Gasteiger partial charge in [0.25, 0.3) is 5.91 Å². The fourth-order valence-electron chi connectivity index (χ4n) is 3.68. The largest absolute Gasteiger partial charge is 0.495 e. The monoisotopic (exact) mass is 420 g/mol. The Morgan fingerprint density at radius 3 is 2.72 bits per heavy atom. The number of sulfonamides is 1. The second-order valence-corrected chi connectivity index (χ2v) is 9.11. The lowest BCUT2D eigenvalue weighted by atomic mass is 9.86. The SMILES string of the molecule is CCNS(=O)(=O)c1cc(-c2cc(C(=O)N[C@@H]3CCCC[C@H]3C)[nH]n2)ccc1OC. The maximum absolute atomic E-state index is 12.6. The minimum atomic E-state index is -3.71. The van der Waals surface area contributed by atoms with E-state index in [-0.39, 0.29) is 29.1 Å². The summed E-state index contributed by atoms with van der Waals surface area (Å²) < 4.78 is 32.6. The number of hydrogen-bond donors (Lipinski definition) is 3. The van der Waals surface area contributed by atoms with Crippen molar-refractivity contribution in [3.05, 3.63) is 30.0 Å². The van der Waals surface area contributed by atoms with E-state index in [0.717, 1.165) is 19.3 Å². The van der Waals surface area contributed by atoms with Crippen molar-refractivity contribution in [2.45, 2.75) is 50.5 Å². The summed E-state index contributed by atoms with van der Waals surface area (Å²) in [7, 11) is -2.29. The lowest BCUT2D eigenvalue weighted by Crippen LogP contribution is -2.41. The number of aromatic amines is 1. The van der Waals surface area contributed by atoms with Gasteiger partial charge in [0, 0.05) is 18.2 Å². The second-order valence-electron chi connectivity index (χ2n) is 7.38. The molecule has 1 fully saturated rings. The quantitative estimate of drug-likeness (QED) is 0.637. The zero-order valence-corrected chi connectivity index (χ0v) is 17.8. The molecule has 1 saturated carbocycles. The van der Waals surface area contributed by atoms with Crippen molar-refractivity contribution in [1.82, 2.24) is 20.2 Å². The van der Waals surface area contributed by atoms with Crippen molar-refractivity contribution >= 4 is 15.9 Å². The Kier molecular flexibility index (Phi) is 6.59. The number of H-pyrrole nitrogens is 1. The average molecular weight is 421 g/mol. The molecule has 29 heavy (non-hydrogen) atoms. The highest BCUT2D eigenvalue weighted by Gasteiger charge is 2.24. The Hall–Kier alpha value is -2.39. The topological polar surface area (TPSA) is 113 Å². The van der Waals surface area contributed by atoms with Crippen LogP contribution in [0.4, 0.5) is 0 Å². The van der Waals surface area contributed by atoms with Gasteiger partial charge in [0.1, 0.15) is 16.3 Å². The van der Waals surface area contributed by atoms with Crippen molar-refractivity contribution in [3.63, 3.8) is 0 Å². The number of carbonyl (C=O) groups excluding carboxylic acids is 1. The summed E-state index contributed by atoms with van der Waals surface area (Å²) in [4.78, 5) is 12.6. The molecule has 0 bridgehead atoms. The molecule has 1 aliphatic rings. The van der Waals surface area contributed by atoms with E-state index in [1.807, 2.05) is 0 Å². The van der Waals surface area contributed by atoms with Gasteiger partial charge in [0.2, 0.25) is 10.0 Å². The molecule has 0 saturated heterocycles. The van der Waals surface area contributed by atoms with E-state index >= 15 is 0 Å². The number of hydrogen-bond acceptors (Lipinski definition) is 5. The number of nitrogens with zero attached hydrogens (tertiary/aromatic N) is 1. The van der Waals surface area contributed by atoms with Crippen LogP contribution in [0.25, 0.3) is 11.3 Å². The van der Waals surface area contributed by atoms with E-state index in [0.29, 0.717) is 22.9 Å². The molecule has 1 aliphatic carbocycles. The number of ether oxygens (including phenoxy) is 1. The summed E-state index contributed by atoms with van der Waals surface area (Å²) in [6, 6.07) is 6.59. The van der Waals surface area contributed by atoms with E-state index in [1.54, 1.807) is 25.1 Å². The van der Waals surface area contributed by atoms with Crippen LogP contribution in [0.15, 0.2) is 29.2 Å². The maximum Gasteiger partial charge on any atom is 0.269 e.